The molecule has 2 heterocycles. The van der Waals surface area contributed by atoms with Gasteiger partial charge in [0, 0.05) is 12.4 Å². The van der Waals surface area contributed by atoms with E-state index in [0.29, 0.717) is 17.2 Å². The minimum absolute atomic E-state index is 0.307. The van der Waals surface area contributed by atoms with Crippen LogP contribution in [0.15, 0.2) is 24.5 Å². The van der Waals surface area contributed by atoms with Crippen molar-refractivity contribution in [1.82, 2.24) is 9.38 Å². The van der Waals surface area contributed by atoms with E-state index in [1.807, 2.05) is 0 Å². The van der Waals surface area contributed by atoms with Gasteiger partial charge >= 0.3 is 0 Å². The van der Waals surface area contributed by atoms with Crippen LogP contribution >= 0.6 is 11.6 Å². The Labute approximate surface area is 73.6 Å². The van der Waals surface area contributed by atoms with E-state index in [0.717, 1.165) is 0 Å². The second-order valence-corrected chi connectivity index (χ2v) is 2.72. The Morgan fingerprint density at radius 2 is 2.42 bits per heavy atom. The van der Waals surface area contributed by atoms with Crippen molar-refractivity contribution >= 4 is 17.2 Å². The number of imidazole rings is 1. The fraction of sp³-hybridized carbons (Fsp3) is 0.125. The third-order valence-corrected chi connectivity index (χ3v) is 1.90. The smallest absolute Gasteiger partial charge is 0.173 e. The number of hydrogen-bond acceptors (Lipinski definition) is 1. The van der Waals surface area contributed by atoms with E-state index in [4.69, 9.17) is 11.6 Å². The van der Waals surface area contributed by atoms with Crippen LogP contribution in [0.5, 0.6) is 0 Å². The van der Waals surface area contributed by atoms with Crippen molar-refractivity contribution in [3.8, 4) is 0 Å². The lowest BCUT2D eigenvalue weighted by Gasteiger charge is -1.90. The summed E-state index contributed by atoms with van der Waals surface area (Å²) in [6, 6.07) is 3.00. The second kappa shape index (κ2) is 2.75. The third kappa shape index (κ3) is 1.06. The van der Waals surface area contributed by atoms with Crippen LogP contribution in [0.2, 0.25) is 0 Å². The molecule has 0 aliphatic rings. The summed E-state index contributed by atoms with van der Waals surface area (Å²) in [5, 5.41) is 0. The minimum atomic E-state index is -0.325. The second-order valence-electron chi connectivity index (χ2n) is 2.45. The molecule has 62 valence electrons. The Hall–Kier alpha value is -1.09. The van der Waals surface area contributed by atoms with Crippen molar-refractivity contribution in [2.75, 3.05) is 0 Å². The summed E-state index contributed by atoms with van der Waals surface area (Å²) in [6.45, 7) is 0. The number of pyridine rings is 1. The summed E-state index contributed by atoms with van der Waals surface area (Å²) in [5.41, 5.74) is 1.01. The predicted molar refractivity (Wildman–Crippen MR) is 44.7 cm³/mol. The molecule has 0 radical (unpaired) electrons. The summed E-state index contributed by atoms with van der Waals surface area (Å²) >= 11 is 5.55. The van der Waals surface area contributed by atoms with Crippen LogP contribution in [0, 0.1) is 5.82 Å². The quantitative estimate of drug-likeness (QED) is 0.622. The highest BCUT2D eigenvalue weighted by Crippen LogP contribution is 2.10. The summed E-state index contributed by atoms with van der Waals surface area (Å²) in [7, 11) is 0. The van der Waals surface area contributed by atoms with Gasteiger partial charge in [0.15, 0.2) is 11.5 Å². The van der Waals surface area contributed by atoms with Gasteiger partial charge in [0.2, 0.25) is 0 Å². The lowest BCUT2D eigenvalue weighted by atomic mass is 10.4. The lowest BCUT2D eigenvalue weighted by Crippen LogP contribution is -1.84. The number of nitrogens with zero attached hydrogens (tertiary/aromatic N) is 2. The van der Waals surface area contributed by atoms with Gasteiger partial charge in [-0.2, -0.15) is 0 Å². The summed E-state index contributed by atoms with van der Waals surface area (Å²) < 4.78 is 14.6. The van der Waals surface area contributed by atoms with Crippen molar-refractivity contribution in [1.29, 1.82) is 0 Å². The van der Waals surface area contributed by atoms with Gasteiger partial charge in [0.25, 0.3) is 0 Å². The number of rotatable bonds is 1. The average Bonchev–Trinajstić information content (AvgIpc) is 2.49. The molecule has 2 rings (SSSR count). The fourth-order valence-corrected chi connectivity index (χ4v) is 1.22. The van der Waals surface area contributed by atoms with Crippen molar-refractivity contribution < 1.29 is 4.39 Å². The largest absolute Gasteiger partial charge is 0.304 e. The molecule has 0 bridgehead atoms. The van der Waals surface area contributed by atoms with Gasteiger partial charge in [0.05, 0.1) is 11.6 Å². The maximum Gasteiger partial charge on any atom is 0.173 e. The van der Waals surface area contributed by atoms with Crippen molar-refractivity contribution in [3.05, 3.63) is 36.0 Å². The Morgan fingerprint density at radius 3 is 3.08 bits per heavy atom. The molecular weight excluding hydrogens is 179 g/mol. The van der Waals surface area contributed by atoms with E-state index in [9.17, 15) is 4.39 Å². The Morgan fingerprint density at radius 1 is 1.58 bits per heavy atom. The SMILES string of the molecule is Fc1cccn2cc(CCl)nc12. The monoisotopic (exact) mass is 184 g/mol. The highest BCUT2D eigenvalue weighted by atomic mass is 35.5. The number of alkyl halides is 1. The number of fused-ring (bicyclic) bond motifs is 1. The number of hydrogen-bond donors (Lipinski definition) is 0. The van der Waals surface area contributed by atoms with Crippen LogP contribution in [-0.4, -0.2) is 9.38 Å². The van der Waals surface area contributed by atoms with Gasteiger partial charge in [-0.15, -0.1) is 11.6 Å². The third-order valence-electron chi connectivity index (χ3n) is 1.62. The van der Waals surface area contributed by atoms with Gasteiger partial charge < -0.3 is 4.40 Å². The molecule has 0 spiro atoms. The first-order valence-corrected chi connectivity index (χ1v) is 4.03. The van der Waals surface area contributed by atoms with Crippen molar-refractivity contribution in [2.24, 2.45) is 0 Å². The van der Waals surface area contributed by atoms with E-state index in [1.165, 1.54) is 6.07 Å². The van der Waals surface area contributed by atoms with Gasteiger partial charge in [-0.1, -0.05) is 0 Å². The zero-order chi connectivity index (χ0) is 8.55. The average molecular weight is 185 g/mol. The highest BCUT2D eigenvalue weighted by molar-refractivity contribution is 6.16. The highest BCUT2D eigenvalue weighted by Gasteiger charge is 2.03. The molecule has 2 aromatic heterocycles. The molecular formula is C8H6ClFN2. The van der Waals surface area contributed by atoms with Crippen LogP contribution in [-0.2, 0) is 5.88 Å². The van der Waals surface area contributed by atoms with Gasteiger partial charge in [-0.05, 0) is 12.1 Å². The first kappa shape index (κ1) is 7.55. The van der Waals surface area contributed by atoms with Gasteiger partial charge in [-0.25, -0.2) is 9.37 Å². The molecule has 0 unspecified atom stereocenters. The maximum atomic E-state index is 13.0. The molecule has 0 amide bonds. The predicted octanol–water partition coefficient (Wildman–Crippen LogP) is 2.21. The normalized spacial score (nSPS) is 10.8. The zero-order valence-electron chi connectivity index (χ0n) is 6.17. The van der Waals surface area contributed by atoms with E-state index in [-0.39, 0.29) is 5.82 Å². The fourth-order valence-electron chi connectivity index (χ4n) is 1.09. The van der Waals surface area contributed by atoms with Crippen molar-refractivity contribution in [2.45, 2.75) is 5.88 Å². The molecule has 0 aromatic carbocycles. The summed E-state index contributed by atoms with van der Waals surface area (Å²) in [4.78, 5) is 3.99. The molecule has 2 aromatic rings. The first-order valence-electron chi connectivity index (χ1n) is 3.49. The Balaban J connectivity index is 2.74. The molecule has 0 aliphatic carbocycles. The van der Waals surface area contributed by atoms with E-state index >= 15 is 0 Å². The van der Waals surface area contributed by atoms with E-state index in [1.54, 1.807) is 22.9 Å². The Bertz CT molecular complexity index is 410. The number of halogens is 2. The first-order chi connectivity index (χ1) is 5.81. The standard InChI is InChI=1S/C8H6ClFN2/c9-4-6-5-12-3-1-2-7(10)8(12)11-6/h1-3,5H,4H2. The van der Waals surface area contributed by atoms with Crippen LogP contribution in [0.4, 0.5) is 4.39 Å². The van der Waals surface area contributed by atoms with Gasteiger partial charge in [0.1, 0.15) is 0 Å². The molecule has 0 aliphatic heterocycles. The van der Waals surface area contributed by atoms with E-state index < -0.39 is 0 Å². The molecule has 0 saturated carbocycles. The summed E-state index contributed by atoms with van der Waals surface area (Å²) in [5.74, 6) is -0.0185. The molecule has 0 N–H and O–H groups in total. The van der Waals surface area contributed by atoms with E-state index in [2.05, 4.69) is 4.98 Å². The van der Waals surface area contributed by atoms with Crippen LogP contribution in [0.1, 0.15) is 5.69 Å². The molecule has 4 heteroatoms. The molecule has 12 heavy (non-hydrogen) atoms. The Kier molecular flexibility index (Phi) is 1.73. The summed E-state index contributed by atoms with van der Waals surface area (Å²) in [6.07, 6.45) is 3.45. The molecule has 0 atom stereocenters. The van der Waals surface area contributed by atoms with Crippen LogP contribution in [0.3, 0.4) is 0 Å². The van der Waals surface area contributed by atoms with Crippen LogP contribution in [0.25, 0.3) is 5.65 Å². The van der Waals surface area contributed by atoms with Crippen LogP contribution < -0.4 is 0 Å². The minimum Gasteiger partial charge on any atom is -0.304 e. The van der Waals surface area contributed by atoms with Gasteiger partial charge in [-0.3, -0.25) is 0 Å². The number of aromatic nitrogens is 2. The van der Waals surface area contributed by atoms with Crippen molar-refractivity contribution in [3.63, 3.8) is 0 Å². The molecule has 0 saturated heterocycles. The lowest BCUT2D eigenvalue weighted by molar-refractivity contribution is 0.630. The molecule has 2 nitrogen and oxygen atoms in total. The zero-order valence-corrected chi connectivity index (χ0v) is 6.92. The topological polar surface area (TPSA) is 17.3 Å². The maximum absolute atomic E-state index is 13.0. The molecule has 0 fully saturated rings.